The number of amides is 1. The van der Waals surface area contributed by atoms with Gasteiger partial charge in [0, 0.05) is 11.1 Å². The number of carbonyl (C=O) groups is 2. The van der Waals surface area contributed by atoms with Crippen LogP contribution in [0.4, 0.5) is 0 Å². The van der Waals surface area contributed by atoms with Crippen LogP contribution in [0, 0.1) is 6.92 Å². The normalized spacial score (nSPS) is 10.6. The average molecular weight is 344 g/mol. The minimum Gasteiger partial charge on any atom is -0.460 e. The summed E-state index contributed by atoms with van der Waals surface area (Å²) in [6.07, 6.45) is 2.99. The molecule has 0 fully saturated rings. The molecule has 0 aliphatic heterocycles. The van der Waals surface area contributed by atoms with Crippen molar-refractivity contribution in [3.63, 3.8) is 0 Å². The van der Waals surface area contributed by atoms with Gasteiger partial charge in [-0.15, -0.1) is 0 Å². The van der Waals surface area contributed by atoms with Crippen molar-refractivity contribution in [2.24, 2.45) is 0 Å². The Balaban J connectivity index is 1.75. The van der Waals surface area contributed by atoms with Crippen LogP contribution in [0.5, 0.6) is 0 Å². The highest BCUT2D eigenvalue weighted by Crippen LogP contribution is 2.17. The van der Waals surface area contributed by atoms with E-state index in [4.69, 9.17) is 16.3 Å². The topological polar surface area (TPSA) is 55.4 Å². The van der Waals surface area contributed by atoms with Gasteiger partial charge < -0.3 is 10.1 Å². The summed E-state index contributed by atoms with van der Waals surface area (Å²) in [7, 11) is 0. The van der Waals surface area contributed by atoms with Gasteiger partial charge in [-0.05, 0) is 35.8 Å². The Hall–Kier alpha value is -2.59. The maximum Gasteiger partial charge on any atom is 0.325 e. The summed E-state index contributed by atoms with van der Waals surface area (Å²) in [5, 5.41) is 3.12. The number of nitrogens with one attached hydrogen (secondary N) is 1. The molecule has 1 N–H and O–H groups in total. The van der Waals surface area contributed by atoms with Gasteiger partial charge in [0.2, 0.25) is 5.91 Å². The van der Waals surface area contributed by atoms with Crippen molar-refractivity contribution in [1.82, 2.24) is 5.32 Å². The molecule has 2 aromatic carbocycles. The zero-order chi connectivity index (χ0) is 17.4. The van der Waals surface area contributed by atoms with E-state index < -0.39 is 5.97 Å². The fraction of sp³-hybridized carbons (Fsp3) is 0.158. The molecule has 0 bridgehead atoms. The van der Waals surface area contributed by atoms with Crippen LogP contribution in [-0.4, -0.2) is 18.4 Å². The van der Waals surface area contributed by atoms with Gasteiger partial charge in [-0.3, -0.25) is 9.59 Å². The fourth-order valence-corrected chi connectivity index (χ4v) is 2.08. The summed E-state index contributed by atoms with van der Waals surface area (Å²) in [4.78, 5) is 23.3. The first-order valence-electron chi connectivity index (χ1n) is 7.46. The number of hydrogen-bond donors (Lipinski definition) is 1. The van der Waals surface area contributed by atoms with E-state index in [9.17, 15) is 9.59 Å². The molecule has 5 heteroatoms. The Morgan fingerprint density at radius 2 is 1.92 bits per heavy atom. The van der Waals surface area contributed by atoms with Crippen molar-refractivity contribution < 1.29 is 14.3 Å². The summed E-state index contributed by atoms with van der Waals surface area (Å²) in [5.74, 6) is -0.859. The highest BCUT2D eigenvalue weighted by atomic mass is 35.5. The molecule has 0 heterocycles. The predicted octanol–water partition coefficient (Wildman–Crippen LogP) is 3.52. The van der Waals surface area contributed by atoms with Gasteiger partial charge in [0.1, 0.15) is 13.2 Å². The number of ether oxygens (including phenoxy) is 1. The molecule has 0 saturated carbocycles. The van der Waals surface area contributed by atoms with Gasteiger partial charge >= 0.3 is 5.97 Å². The van der Waals surface area contributed by atoms with Crippen LogP contribution in [0.1, 0.15) is 16.7 Å². The number of benzene rings is 2. The van der Waals surface area contributed by atoms with Crippen molar-refractivity contribution in [2.75, 3.05) is 6.54 Å². The minimum absolute atomic E-state index is 0.176. The lowest BCUT2D eigenvalue weighted by Gasteiger charge is -2.05. The number of esters is 1. The molecule has 4 nitrogen and oxygen atoms in total. The molecule has 0 unspecified atom stereocenters. The average Bonchev–Trinajstić information content (AvgIpc) is 2.60. The van der Waals surface area contributed by atoms with Crippen molar-refractivity contribution in [2.45, 2.75) is 13.5 Å². The van der Waals surface area contributed by atoms with Crippen LogP contribution in [0.2, 0.25) is 5.02 Å². The van der Waals surface area contributed by atoms with Gasteiger partial charge in [0.25, 0.3) is 0 Å². The van der Waals surface area contributed by atoms with Gasteiger partial charge in [-0.1, -0.05) is 54.1 Å². The third kappa shape index (κ3) is 5.89. The van der Waals surface area contributed by atoms with Gasteiger partial charge in [0.05, 0.1) is 0 Å². The predicted molar refractivity (Wildman–Crippen MR) is 94.5 cm³/mol. The highest BCUT2D eigenvalue weighted by molar-refractivity contribution is 6.31. The van der Waals surface area contributed by atoms with Crippen LogP contribution in [0.25, 0.3) is 6.08 Å². The van der Waals surface area contributed by atoms with E-state index in [0.717, 1.165) is 16.7 Å². The number of rotatable bonds is 6. The highest BCUT2D eigenvalue weighted by Gasteiger charge is 2.05. The smallest absolute Gasteiger partial charge is 0.325 e. The third-order valence-electron chi connectivity index (χ3n) is 3.27. The molecule has 0 atom stereocenters. The summed E-state index contributed by atoms with van der Waals surface area (Å²) >= 11 is 6.02. The first kappa shape index (κ1) is 17.8. The van der Waals surface area contributed by atoms with E-state index in [-0.39, 0.29) is 19.1 Å². The van der Waals surface area contributed by atoms with E-state index in [1.807, 2.05) is 49.4 Å². The van der Waals surface area contributed by atoms with Crippen molar-refractivity contribution in [3.8, 4) is 0 Å². The molecular formula is C19H18ClNO3. The number of carbonyl (C=O) groups excluding carboxylic acids is 2. The summed E-state index contributed by atoms with van der Waals surface area (Å²) in [6, 6.07) is 14.9. The molecule has 0 aromatic heterocycles. The molecule has 1 amide bonds. The number of aryl methyl sites for hydroxylation is 1. The van der Waals surface area contributed by atoms with Crippen molar-refractivity contribution >= 4 is 29.6 Å². The van der Waals surface area contributed by atoms with Crippen molar-refractivity contribution in [3.05, 3.63) is 76.3 Å². The molecule has 24 heavy (non-hydrogen) atoms. The second-order valence-corrected chi connectivity index (χ2v) is 5.61. The Bertz CT molecular complexity index is 742. The Morgan fingerprint density at radius 3 is 2.62 bits per heavy atom. The molecule has 2 aromatic rings. The van der Waals surface area contributed by atoms with E-state index in [2.05, 4.69) is 5.32 Å². The second-order valence-electron chi connectivity index (χ2n) is 5.21. The quantitative estimate of drug-likeness (QED) is 0.645. The minimum atomic E-state index is -0.487. The maximum atomic E-state index is 11.7. The molecule has 2 rings (SSSR count). The zero-order valence-electron chi connectivity index (χ0n) is 13.3. The van der Waals surface area contributed by atoms with Crippen LogP contribution in [0.3, 0.4) is 0 Å². The van der Waals surface area contributed by atoms with Gasteiger partial charge in [-0.25, -0.2) is 0 Å². The van der Waals surface area contributed by atoms with E-state index >= 15 is 0 Å². The lowest BCUT2D eigenvalue weighted by molar-refractivity contribution is -0.144. The van der Waals surface area contributed by atoms with Crippen LogP contribution in [0.15, 0.2) is 54.6 Å². The standard InChI is InChI=1S/C19H18ClNO3/c1-14-7-8-15(11-17(14)20)9-10-18(22)21-12-19(23)24-13-16-5-3-2-4-6-16/h2-11H,12-13H2,1H3,(H,21,22)/b10-9+. The lowest BCUT2D eigenvalue weighted by Crippen LogP contribution is -2.29. The second kappa shape index (κ2) is 8.89. The molecule has 0 spiro atoms. The number of hydrogen-bond acceptors (Lipinski definition) is 3. The van der Waals surface area contributed by atoms with E-state index in [1.165, 1.54) is 6.08 Å². The maximum absolute atomic E-state index is 11.7. The van der Waals surface area contributed by atoms with Gasteiger partial charge in [0.15, 0.2) is 0 Å². The summed E-state index contributed by atoms with van der Waals surface area (Å²) in [5.41, 5.74) is 2.68. The molecule has 124 valence electrons. The number of halogens is 1. The zero-order valence-corrected chi connectivity index (χ0v) is 14.0. The van der Waals surface area contributed by atoms with Crippen LogP contribution < -0.4 is 5.32 Å². The SMILES string of the molecule is Cc1ccc(/C=C/C(=O)NCC(=O)OCc2ccccc2)cc1Cl. The molecule has 0 saturated heterocycles. The Morgan fingerprint density at radius 1 is 1.17 bits per heavy atom. The largest absolute Gasteiger partial charge is 0.460 e. The fourth-order valence-electron chi connectivity index (χ4n) is 1.89. The molecule has 0 radical (unpaired) electrons. The first-order valence-corrected chi connectivity index (χ1v) is 7.84. The summed E-state index contributed by atoms with van der Waals surface area (Å²) < 4.78 is 5.07. The van der Waals surface area contributed by atoms with E-state index in [1.54, 1.807) is 12.1 Å². The van der Waals surface area contributed by atoms with Gasteiger partial charge in [-0.2, -0.15) is 0 Å². The Kier molecular flexibility index (Phi) is 6.58. The van der Waals surface area contributed by atoms with Crippen LogP contribution >= 0.6 is 11.6 Å². The third-order valence-corrected chi connectivity index (χ3v) is 3.68. The van der Waals surface area contributed by atoms with Crippen molar-refractivity contribution in [1.29, 1.82) is 0 Å². The molecule has 0 aliphatic carbocycles. The van der Waals surface area contributed by atoms with Crippen LogP contribution in [-0.2, 0) is 20.9 Å². The lowest BCUT2D eigenvalue weighted by atomic mass is 10.1. The molecule has 0 aliphatic rings. The van der Waals surface area contributed by atoms with E-state index in [0.29, 0.717) is 5.02 Å². The first-order chi connectivity index (χ1) is 11.5. The molecular weight excluding hydrogens is 326 g/mol. The summed E-state index contributed by atoms with van der Waals surface area (Å²) in [6.45, 7) is 1.92. The monoisotopic (exact) mass is 343 g/mol. The Labute approximate surface area is 146 Å².